The molecule has 2 aromatic carbocycles. The number of aromatic amines is 1. The Labute approximate surface area is 198 Å². The van der Waals surface area contributed by atoms with E-state index < -0.39 is 0 Å². The minimum Gasteiger partial charge on any atom is -0.332 e. The molecule has 168 valence electrons. The van der Waals surface area contributed by atoms with Gasteiger partial charge in [0.05, 0.1) is 0 Å². The standard InChI is InChI=1S/C26H27N5OS/c1-3-20-9-11-21(12-10-20)16-30(17-22-7-5-13-27-15-22)24(32)18-31-25(28-29-26(31)33)23-8-4-6-19(2)14-23/h4-15H,3,16-18H2,1-2H3,(H,29,33). The van der Waals surface area contributed by atoms with Crippen molar-refractivity contribution in [3.05, 3.63) is 100 Å². The normalized spacial score (nSPS) is 10.8. The van der Waals surface area contributed by atoms with Gasteiger partial charge in [0.1, 0.15) is 6.54 Å². The lowest BCUT2D eigenvalue weighted by Crippen LogP contribution is -2.33. The van der Waals surface area contributed by atoms with Crippen LogP contribution < -0.4 is 0 Å². The molecule has 0 saturated heterocycles. The Bertz CT molecular complexity index is 1280. The average Bonchev–Trinajstić information content (AvgIpc) is 3.19. The summed E-state index contributed by atoms with van der Waals surface area (Å²) in [4.78, 5) is 19.6. The molecule has 2 aromatic heterocycles. The number of benzene rings is 2. The van der Waals surface area contributed by atoms with Gasteiger partial charge >= 0.3 is 0 Å². The van der Waals surface area contributed by atoms with Crippen LogP contribution in [0.25, 0.3) is 11.4 Å². The number of rotatable bonds is 8. The molecule has 6 nitrogen and oxygen atoms in total. The smallest absolute Gasteiger partial charge is 0.243 e. The molecule has 1 amide bonds. The van der Waals surface area contributed by atoms with Crippen molar-refractivity contribution in [3.63, 3.8) is 0 Å². The maximum atomic E-state index is 13.5. The summed E-state index contributed by atoms with van der Waals surface area (Å²) in [6.07, 6.45) is 4.51. The zero-order valence-electron chi connectivity index (χ0n) is 18.9. The highest BCUT2D eigenvalue weighted by molar-refractivity contribution is 7.71. The van der Waals surface area contributed by atoms with Crippen LogP contribution in [0.2, 0.25) is 0 Å². The van der Waals surface area contributed by atoms with Crippen molar-refractivity contribution in [2.24, 2.45) is 0 Å². The Morgan fingerprint density at radius 2 is 1.79 bits per heavy atom. The average molecular weight is 458 g/mol. The Kier molecular flexibility index (Phi) is 7.10. The molecule has 2 heterocycles. The first-order valence-electron chi connectivity index (χ1n) is 11.0. The summed E-state index contributed by atoms with van der Waals surface area (Å²) in [6.45, 7) is 5.23. The van der Waals surface area contributed by atoms with Crippen LogP contribution in [-0.2, 0) is 30.8 Å². The third kappa shape index (κ3) is 5.62. The van der Waals surface area contributed by atoms with E-state index in [4.69, 9.17) is 12.2 Å². The monoisotopic (exact) mass is 457 g/mol. The second-order valence-corrected chi connectivity index (χ2v) is 8.48. The highest BCUT2D eigenvalue weighted by Gasteiger charge is 2.19. The fourth-order valence-electron chi connectivity index (χ4n) is 3.75. The van der Waals surface area contributed by atoms with Gasteiger partial charge in [-0.3, -0.25) is 19.4 Å². The van der Waals surface area contributed by atoms with Crippen molar-refractivity contribution in [1.82, 2.24) is 24.6 Å². The number of nitrogens with one attached hydrogen (secondary N) is 1. The summed E-state index contributed by atoms with van der Waals surface area (Å²) < 4.78 is 2.19. The Balaban J connectivity index is 1.61. The van der Waals surface area contributed by atoms with E-state index in [0.717, 1.165) is 28.7 Å². The van der Waals surface area contributed by atoms with Gasteiger partial charge in [-0.25, -0.2) is 0 Å². The summed E-state index contributed by atoms with van der Waals surface area (Å²) in [7, 11) is 0. The Morgan fingerprint density at radius 1 is 1.03 bits per heavy atom. The Hall–Kier alpha value is -3.58. The van der Waals surface area contributed by atoms with Crippen LogP contribution in [0, 0.1) is 11.7 Å². The first kappa shape index (κ1) is 22.6. The summed E-state index contributed by atoms with van der Waals surface area (Å²) in [6, 6.07) is 20.3. The van der Waals surface area contributed by atoms with E-state index in [1.165, 1.54) is 5.56 Å². The van der Waals surface area contributed by atoms with Gasteiger partial charge in [0.25, 0.3) is 0 Å². The van der Waals surface area contributed by atoms with E-state index in [1.54, 1.807) is 17.0 Å². The first-order valence-corrected chi connectivity index (χ1v) is 11.4. The SMILES string of the molecule is CCc1ccc(CN(Cc2cccnc2)C(=O)Cn2c(-c3cccc(C)c3)n[nH]c2=S)cc1. The molecule has 33 heavy (non-hydrogen) atoms. The lowest BCUT2D eigenvalue weighted by molar-refractivity contribution is -0.133. The molecule has 0 aliphatic rings. The highest BCUT2D eigenvalue weighted by Crippen LogP contribution is 2.20. The van der Waals surface area contributed by atoms with E-state index in [1.807, 2.05) is 48.2 Å². The summed E-state index contributed by atoms with van der Waals surface area (Å²) in [5, 5.41) is 7.24. The van der Waals surface area contributed by atoms with Crippen LogP contribution in [-0.4, -0.2) is 30.6 Å². The molecule has 0 unspecified atom stereocenters. The number of pyridine rings is 1. The minimum atomic E-state index is -0.0372. The second kappa shape index (κ2) is 10.4. The minimum absolute atomic E-state index is 0.0372. The van der Waals surface area contributed by atoms with E-state index in [-0.39, 0.29) is 12.5 Å². The predicted molar refractivity (Wildman–Crippen MR) is 132 cm³/mol. The van der Waals surface area contributed by atoms with E-state index >= 15 is 0 Å². The molecule has 4 aromatic rings. The number of carbonyl (C=O) groups is 1. The fourth-order valence-corrected chi connectivity index (χ4v) is 3.95. The zero-order valence-corrected chi connectivity index (χ0v) is 19.7. The van der Waals surface area contributed by atoms with Crippen molar-refractivity contribution in [1.29, 1.82) is 0 Å². The summed E-state index contributed by atoms with van der Waals surface area (Å²) in [5.74, 6) is 0.621. The van der Waals surface area contributed by atoms with Crippen molar-refractivity contribution < 1.29 is 4.79 Å². The van der Waals surface area contributed by atoms with Crippen LogP contribution in [0.4, 0.5) is 0 Å². The van der Waals surface area contributed by atoms with Gasteiger partial charge in [-0.1, -0.05) is 61.0 Å². The number of aromatic nitrogens is 4. The van der Waals surface area contributed by atoms with Crippen molar-refractivity contribution >= 4 is 18.1 Å². The Morgan fingerprint density at radius 3 is 2.48 bits per heavy atom. The molecule has 0 bridgehead atoms. The maximum absolute atomic E-state index is 13.5. The predicted octanol–water partition coefficient (Wildman–Crippen LogP) is 5.10. The first-order chi connectivity index (χ1) is 16.0. The molecule has 0 atom stereocenters. The lowest BCUT2D eigenvalue weighted by Gasteiger charge is -2.23. The van der Waals surface area contributed by atoms with E-state index in [0.29, 0.717) is 23.7 Å². The molecule has 0 radical (unpaired) electrons. The van der Waals surface area contributed by atoms with Gasteiger partial charge in [-0.15, -0.1) is 0 Å². The maximum Gasteiger partial charge on any atom is 0.243 e. The van der Waals surface area contributed by atoms with Crippen LogP contribution in [0.15, 0.2) is 73.1 Å². The molecular weight excluding hydrogens is 430 g/mol. The van der Waals surface area contributed by atoms with Gasteiger partial charge in [0.15, 0.2) is 10.6 Å². The summed E-state index contributed by atoms with van der Waals surface area (Å²) in [5.41, 5.74) is 5.37. The number of hydrogen-bond donors (Lipinski definition) is 1. The molecular formula is C26H27N5OS. The third-order valence-corrected chi connectivity index (χ3v) is 5.89. The van der Waals surface area contributed by atoms with Gasteiger partial charge in [0, 0.05) is 31.0 Å². The number of nitrogens with zero attached hydrogens (tertiary/aromatic N) is 4. The quantitative estimate of drug-likeness (QED) is 0.374. The molecule has 0 aliphatic carbocycles. The highest BCUT2D eigenvalue weighted by atomic mass is 32.1. The van der Waals surface area contributed by atoms with Crippen LogP contribution >= 0.6 is 12.2 Å². The van der Waals surface area contributed by atoms with Gasteiger partial charge in [-0.2, -0.15) is 5.10 Å². The molecule has 0 saturated carbocycles. The zero-order chi connectivity index (χ0) is 23.2. The summed E-state index contributed by atoms with van der Waals surface area (Å²) >= 11 is 5.46. The fraction of sp³-hybridized carbons (Fsp3) is 0.231. The van der Waals surface area contributed by atoms with Crippen molar-refractivity contribution in [3.8, 4) is 11.4 Å². The van der Waals surface area contributed by atoms with Gasteiger partial charge < -0.3 is 4.90 Å². The molecule has 0 fully saturated rings. The van der Waals surface area contributed by atoms with E-state index in [2.05, 4.69) is 46.4 Å². The molecule has 7 heteroatoms. The number of amides is 1. The molecule has 1 N–H and O–H groups in total. The number of H-pyrrole nitrogens is 1. The molecule has 0 spiro atoms. The largest absolute Gasteiger partial charge is 0.332 e. The van der Waals surface area contributed by atoms with Crippen LogP contribution in [0.1, 0.15) is 29.2 Å². The van der Waals surface area contributed by atoms with Crippen molar-refractivity contribution in [2.75, 3.05) is 0 Å². The third-order valence-electron chi connectivity index (χ3n) is 5.58. The van der Waals surface area contributed by atoms with Crippen LogP contribution in [0.3, 0.4) is 0 Å². The van der Waals surface area contributed by atoms with Crippen molar-refractivity contribution in [2.45, 2.75) is 39.9 Å². The van der Waals surface area contributed by atoms with Gasteiger partial charge in [0.2, 0.25) is 5.91 Å². The number of aryl methyl sites for hydroxylation is 2. The molecule has 4 rings (SSSR count). The van der Waals surface area contributed by atoms with Crippen LogP contribution in [0.5, 0.6) is 0 Å². The lowest BCUT2D eigenvalue weighted by atomic mass is 10.1. The van der Waals surface area contributed by atoms with E-state index in [9.17, 15) is 4.79 Å². The molecule has 0 aliphatic heterocycles. The number of carbonyl (C=O) groups excluding carboxylic acids is 1. The topological polar surface area (TPSA) is 66.8 Å². The number of hydrogen-bond acceptors (Lipinski definition) is 4. The second-order valence-electron chi connectivity index (χ2n) is 8.09. The van der Waals surface area contributed by atoms with Gasteiger partial charge in [-0.05, 0) is 54.4 Å².